The van der Waals surface area contributed by atoms with Crippen LogP contribution in [0.4, 0.5) is 5.82 Å². The smallest absolute Gasteiger partial charge is 0.142 e. The highest BCUT2D eigenvalue weighted by atomic mass is 15.3. The highest BCUT2D eigenvalue weighted by Crippen LogP contribution is 2.16. The number of pyridine rings is 2. The van der Waals surface area contributed by atoms with Crippen LogP contribution in [0.2, 0.25) is 0 Å². The fraction of sp³-hybridized carbons (Fsp3) is 0.353. The number of hydrogen-bond donors (Lipinski definition) is 0. The molecule has 0 aliphatic carbocycles. The van der Waals surface area contributed by atoms with Gasteiger partial charge in [0, 0.05) is 44.6 Å². The van der Waals surface area contributed by atoms with E-state index in [0.717, 1.165) is 44.2 Å². The molecule has 0 saturated carbocycles. The molecule has 0 unspecified atom stereocenters. The Morgan fingerprint density at radius 1 is 1.14 bits per heavy atom. The molecule has 0 bridgehead atoms. The molecule has 5 nitrogen and oxygen atoms in total. The molecule has 1 aliphatic rings. The summed E-state index contributed by atoms with van der Waals surface area (Å²) in [6.45, 7) is 6.85. The first-order valence-electron chi connectivity index (χ1n) is 7.51. The first kappa shape index (κ1) is 14.5. The molecule has 22 heavy (non-hydrogen) atoms. The third-order valence-electron chi connectivity index (χ3n) is 4.06. The summed E-state index contributed by atoms with van der Waals surface area (Å²) in [7, 11) is 0. The Bertz CT molecular complexity index is 683. The van der Waals surface area contributed by atoms with E-state index < -0.39 is 0 Å². The zero-order valence-corrected chi connectivity index (χ0v) is 12.7. The molecule has 112 valence electrons. The van der Waals surface area contributed by atoms with Gasteiger partial charge in [0.05, 0.1) is 0 Å². The van der Waals surface area contributed by atoms with Crippen LogP contribution in [0.15, 0.2) is 36.5 Å². The van der Waals surface area contributed by atoms with Crippen molar-refractivity contribution in [2.24, 2.45) is 0 Å². The summed E-state index contributed by atoms with van der Waals surface area (Å²) in [5.74, 6) is 0.899. The van der Waals surface area contributed by atoms with Crippen LogP contribution < -0.4 is 4.90 Å². The number of piperazine rings is 1. The number of hydrogen-bond acceptors (Lipinski definition) is 5. The standard InChI is InChI=1S/C17H19N5/c1-14-15(4-3-7-19-14)13-21-8-10-22(11-9-21)17-6-2-5-16(12-18)20-17/h2-7H,8-11,13H2,1H3. The van der Waals surface area contributed by atoms with E-state index >= 15 is 0 Å². The molecular formula is C17H19N5. The third-order valence-corrected chi connectivity index (χ3v) is 4.06. The van der Waals surface area contributed by atoms with Gasteiger partial charge in [-0.3, -0.25) is 9.88 Å². The lowest BCUT2D eigenvalue weighted by atomic mass is 10.2. The van der Waals surface area contributed by atoms with Gasteiger partial charge in [-0.25, -0.2) is 4.98 Å². The number of aryl methyl sites for hydroxylation is 1. The first-order valence-corrected chi connectivity index (χ1v) is 7.51. The molecule has 3 heterocycles. The van der Waals surface area contributed by atoms with Crippen molar-refractivity contribution in [1.82, 2.24) is 14.9 Å². The molecule has 1 fully saturated rings. The summed E-state index contributed by atoms with van der Waals surface area (Å²) >= 11 is 0. The Kier molecular flexibility index (Phi) is 4.31. The average molecular weight is 293 g/mol. The van der Waals surface area contributed by atoms with Crippen LogP contribution >= 0.6 is 0 Å². The fourth-order valence-corrected chi connectivity index (χ4v) is 2.72. The molecule has 0 atom stereocenters. The zero-order chi connectivity index (χ0) is 15.4. The minimum Gasteiger partial charge on any atom is -0.354 e. The maximum Gasteiger partial charge on any atom is 0.142 e. The Hall–Kier alpha value is -2.45. The topological polar surface area (TPSA) is 56.1 Å². The fourth-order valence-electron chi connectivity index (χ4n) is 2.72. The van der Waals surface area contributed by atoms with Crippen molar-refractivity contribution in [3.8, 4) is 6.07 Å². The van der Waals surface area contributed by atoms with Crippen LogP contribution in [0.25, 0.3) is 0 Å². The largest absolute Gasteiger partial charge is 0.354 e. The van der Waals surface area contributed by atoms with E-state index in [0.29, 0.717) is 5.69 Å². The molecule has 0 aromatic carbocycles. The van der Waals surface area contributed by atoms with Crippen molar-refractivity contribution in [3.05, 3.63) is 53.5 Å². The molecule has 0 N–H and O–H groups in total. The molecule has 2 aromatic heterocycles. The summed E-state index contributed by atoms with van der Waals surface area (Å²) in [5.41, 5.74) is 2.87. The number of anilines is 1. The maximum absolute atomic E-state index is 8.95. The van der Waals surface area contributed by atoms with Crippen molar-refractivity contribution >= 4 is 5.82 Å². The molecule has 2 aromatic rings. The Balaban J connectivity index is 1.61. The lowest BCUT2D eigenvalue weighted by Crippen LogP contribution is -2.46. The Labute approximate surface area is 130 Å². The van der Waals surface area contributed by atoms with Gasteiger partial charge in [0.2, 0.25) is 0 Å². The quantitative estimate of drug-likeness (QED) is 0.866. The van der Waals surface area contributed by atoms with Crippen LogP contribution in [-0.2, 0) is 6.54 Å². The minimum absolute atomic E-state index is 0.478. The molecule has 0 spiro atoms. The lowest BCUT2D eigenvalue weighted by molar-refractivity contribution is 0.248. The van der Waals surface area contributed by atoms with Gasteiger partial charge in [-0.2, -0.15) is 5.26 Å². The van der Waals surface area contributed by atoms with Gasteiger partial charge in [-0.1, -0.05) is 12.1 Å². The van der Waals surface area contributed by atoms with E-state index in [9.17, 15) is 0 Å². The zero-order valence-electron chi connectivity index (χ0n) is 12.7. The van der Waals surface area contributed by atoms with E-state index in [4.69, 9.17) is 5.26 Å². The normalized spacial score (nSPS) is 15.5. The number of nitrogens with zero attached hydrogens (tertiary/aromatic N) is 5. The van der Waals surface area contributed by atoms with E-state index in [1.165, 1.54) is 5.56 Å². The van der Waals surface area contributed by atoms with Gasteiger partial charge in [-0.05, 0) is 30.7 Å². The Morgan fingerprint density at radius 3 is 2.68 bits per heavy atom. The second-order valence-electron chi connectivity index (χ2n) is 5.50. The Morgan fingerprint density at radius 2 is 1.95 bits per heavy atom. The molecule has 1 aliphatic heterocycles. The third kappa shape index (κ3) is 3.23. The van der Waals surface area contributed by atoms with Crippen molar-refractivity contribution < 1.29 is 0 Å². The van der Waals surface area contributed by atoms with E-state index in [2.05, 4.69) is 38.8 Å². The van der Waals surface area contributed by atoms with Crippen LogP contribution in [0.3, 0.4) is 0 Å². The monoisotopic (exact) mass is 293 g/mol. The highest BCUT2D eigenvalue weighted by molar-refractivity contribution is 5.42. The van der Waals surface area contributed by atoms with E-state index in [-0.39, 0.29) is 0 Å². The van der Waals surface area contributed by atoms with Crippen LogP contribution in [0.1, 0.15) is 17.0 Å². The van der Waals surface area contributed by atoms with Crippen LogP contribution in [0, 0.1) is 18.3 Å². The summed E-state index contributed by atoms with van der Waals surface area (Å²) < 4.78 is 0. The molecule has 3 rings (SSSR count). The minimum atomic E-state index is 0.478. The molecular weight excluding hydrogens is 274 g/mol. The van der Waals surface area contributed by atoms with Gasteiger partial charge in [0.1, 0.15) is 17.6 Å². The number of rotatable bonds is 3. The van der Waals surface area contributed by atoms with Gasteiger partial charge < -0.3 is 4.90 Å². The lowest BCUT2D eigenvalue weighted by Gasteiger charge is -2.35. The van der Waals surface area contributed by atoms with E-state index in [1.54, 1.807) is 6.07 Å². The van der Waals surface area contributed by atoms with Gasteiger partial charge in [0.15, 0.2) is 0 Å². The number of nitriles is 1. The first-order chi connectivity index (χ1) is 10.8. The highest BCUT2D eigenvalue weighted by Gasteiger charge is 2.18. The van der Waals surface area contributed by atoms with Crippen molar-refractivity contribution in [3.63, 3.8) is 0 Å². The van der Waals surface area contributed by atoms with Gasteiger partial charge in [0.25, 0.3) is 0 Å². The summed E-state index contributed by atoms with van der Waals surface area (Å²) in [4.78, 5) is 13.4. The average Bonchev–Trinajstić information content (AvgIpc) is 2.58. The number of aromatic nitrogens is 2. The van der Waals surface area contributed by atoms with E-state index in [1.807, 2.05) is 24.4 Å². The maximum atomic E-state index is 8.95. The van der Waals surface area contributed by atoms with Crippen molar-refractivity contribution in [2.45, 2.75) is 13.5 Å². The van der Waals surface area contributed by atoms with Crippen molar-refractivity contribution in [2.75, 3.05) is 31.1 Å². The molecule has 0 amide bonds. The molecule has 1 saturated heterocycles. The van der Waals surface area contributed by atoms with Gasteiger partial charge in [-0.15, -0.1) is 0 Å². The van der Waals surface area contributed by atoms with Crippen LogP contribution in [0.5, 0.6) is 0 Å². The van der Waals surface area contributed by atoms with Crippen LogP contribution in [-0.4, -0.2) is 41.0 Å². The van der Waals surface area contributed by atoms with Crippen molar-refractivity contribution in [1.29, 1.82) is 5.26 Å². The second kappa shape index (κ2) is 6.54. The predicted octanol–water partition coefficient (Wildman–Crippen LogP) is 1.98. The molecule has 5 heteroatoms. The second-order valence-corrected chi connectivity index (χ2v) is 5.50. The van der Waals surface area contributed by atoms with Gasteiger partial charge >= 0.3 is 0 Å². The summed E-state index contributed by atoms with van der Waals surface area (Å²) in [6, 6.07) is 11.9. The SMILES string of the molecule is Cc1ncccc1CN1CCN(c2cccc(C#N)n2)CC1. The predicted molar refractivity (Wildman–Crippen MR) is 85.4 cm³/mol. The summed E-state index contributed by atoms with van der Waals surface area (Å²) in [6.07, 6.45) is 1.84. The summed E-state index contributed by atoms with van der Waals surface area (Å²) in [5, 5.41) is 8.95. The molecule has 0 radical (unpaired) electrons.